The SMILES string of the molecule is C=C=C=C(C)C.CCCCCN. The van der Waals surface area contributed by atoms with Crippen LogP contribution >= 0.6 is 0 Å². The van der Waals surface area contributed by atoms with Gasteiger partial charge < -0.3 is 5.73 Å². The minimum atomic E-state index is 0.855. The van der Waals surface area contributed by atoms with Gasteiger partial charge in [0.05, 0.1) is 0 Å². The third kappa shape index (κ3) is 22.8. The van der Waals surface area contributed by atoms with Gasteiger partial charge in [0.15, 0.2) is 0 Å². The lowest BCUT2D eigenvalue weighted by atomic mass is 10.3. The van der Waals surface area contributed by atoms with E-state index in [2.05, 4.69) is 25.0 Å². The second kappa shape index (κ2) is 12.9. The van der Waals surface area contributed by atoms with Crippen LogP contribution in [0.1, 0.15) is 40.0 Å². The summed E-state index contributed by atoms with van der Waals surface area (Å²) in [5.74, 6) is 0. The first-order chi connectivity index (χ1) is 5.68. The highest BCUT2D eigenvalue weighted by Crippen LogP contribution is 1.88. The van der Waals surface area contributed by atoms with E-state index in [4.69, 9.17) is 5.73 Å². The summed E-state index contributed by atoms with van der Waals surface area (Å²) in [5, 5.41) is 0. The van der Waals surface area contributed by atoms with Crippen LogP contribution in [0.2, 0.25) is 0 Å². The van der Waals surface area contributed by atoms with E-state index in [1.807, 2.05) is 13.8 Å². The number of hydrogen-bond donors (Lipinski definition) is 1. The molecule has 0 bridgehead atoms. The van der Waals surface area contributed by atoms with Crippen molar-refractivity contribution in [3.8, 4) is 0 Å². The van der Waals surface area contributed by atoms with Gasteiger partial charge in [0.2, 0.25) is 0 Å². The van der Waals surface area contributed by atoms with Crippen LogP contribution in [0.25, 0.3) is 0 Å². The molecule has 0 aromatic rings. The standard InChI is InChI=1S/C6H8.C5H13N/c1-4-5-6(2)3;1-2-3-4-5-6/h1H2,2-3H3;2-6H2,1H3. The van der Waals surface area contributed by atoms with Crippen LogP contribution < -0.4 is 5.73 Å². The quantitative estimate of drug-likeness (QED) is 0.507. The Bertz CT molecular complexity index is 150. The molecule has 0 aliphatic carbocycles. The molecular weight excluding hydrogens is 146 g/mol. The average Bonchev–Trinajstić information content (AvgIpc) is 2.02. The van der Waals surface area contributed by atoms with E-state index in [1.54, 1.807) is 0 Å². The lowest BCUT2D eigenvalue weighted by Gasteiger charge is -1.86. The molecule has 0 aromatic carbocycles. The molecule has 0 radical (unpaired) electrons. The summed E-state index contributed by atoms with van der Waals surface area (Å²) in [6, 6.07) is 0. The second-order valence-corrected chi connectivity index (χ2v) is 2.80. The van der Waals surface area contributed by atoms with Crippen molar-refractivity contribution >= 4 is 0 Å². The highest BCUT2D eigenvalue weighted by Gasteiger charge is 1.75. The zero-order chi connectivity index (χ0) is 9.82. The predicted octanol–water partition coefficient (Wildman–Crippen LogP) is 3.03. The molecule has 0 heterocycles. The van der Waals surface area contributed by atoms with Gasteiger partial charge in [-0.15, -0.1) is 0 Å². The van der Waals surface area contributed by atoms with Crippen molar-refractivity contribution in [2.24, 2.45) is 5.73 Å². The van der Waals surface area contributed by atoms with Crippen LogP contribution in [-0.4, -0.2) is 6.54 Å². The third-order valence-corrected chi connectivity index (χ3v) is 1.15. The lowest BCUT2D eigenvalue weighted by Crippen LogP contribution is -1.96. The van der Waals surface area contributed by atoms with Crippen molar-refractivity contribution in [3.05, 3.63) is 23.6 Å². The van der Waals surface area contributed by atoms with Crippen molar-refractivity contribution in [1.82, 2.24) is 0 Å². The van der Waals surface area contributed by atoms with E-state index in [0.717, 1.165) is 12.1 Å². The van der Waals surface area contributed by atoms with Crippen LogP contribution in [0.4, 0.5) is 0 Å². The fourth-order valence-corrected chi connectivity index (χ4v) is 0.571. The highest BCUT2D eigenvalue weighted by atomic mass is 14.5. The van der Waals surface area contributed by atoms with Crippen molar-refractivity contribution in [1.29, 1.82) is 0 Å². The first kappa shape index (κ1) is 13.8. The van der Waals surface area contributed by atoms with Crippen LogP contribution in [0.3, 0.4) is 0 Å². The minimum absolute atomic E-state index is 0.855. The van der Waals surface area contributed by atoms with Crippen molar-refractivity contribution in [2.45, 2.75) is 40.0 Å². The second-order valence-electron chi connectivity index (χ2n) is 2.80. The molecule has 0 saturated heterocycles. The van der Waals surface area contributed by atoms with Crippen LogP contribution in [0, 0.1) is 0 Å². The van der Waals surface area contributed by atoms with Crippen molar-refractivity contribution < 1.29 is 0 Å². The summed E-state index contributed by atoms with van der Waals surface area (Å²) in [7, 11) is 0. The first-order valence-corrected chi connectivity index (χ1v) is 4.47. The average molecular weight is 167 g/mol. The molecule has 0 atom stereocenters. The lowest BCUT2D eigenvalue weighted by molar-refractivity contribution is 0.727. The van der Waals surface area contributed by atoms with E-state index in [9.17, 15) is 0 Å². The normalized spacial score (nSPS) is 7.33. The Hall–Kier alpha value is -0.740. The summed E-state index contributed by atoms with van der Waals surface area (Å²) >= 11 is 0. The summed E-state index contributed by atoms with van der Waals surface area (Å²) < 4.78 is 0. The summed E-state index contributed by atoms with van der Waals surface area (Å²) in [5.41, 5.74) is 11.6. The van der Waals surface area contributed by atoms with E-state index >= 15 is 0 Å². The number of unbranched alkanes of at least 4 members (excludes halogenated alkanes) is 2. The molecule has 1 heteroatoms. The Kier molecular flexibility index (Phi) is 14.9. The molecule has 12 heavy (non-hydrogen) atoms. The molecule has 0 amide bonds. The van der Waals surface area contributed by atoms with Gasteiger partial charge in [-0.2, -0.15) is 0 Å². The van der Waals surface area contributed by atoms with Gasteiger partial charge in [-0.05, 0) is 39.0 Å². The monoisotopic (exact) mass is 167 g/mol. The number of allylic oxidation sites excluding steroid dienone is 1. The fourth-order valence-electron chi connectivity index (χ4n) is 0.571. The zero-order valence-corrected chi connectivity index (χ0v) is 8.61. The molecule has 0 spiro atoms. The summed E-state index contributed by atoms with van der Waals surface area (Å²) in [6.45, 7) is 10.3. The largest absolute Gasteiger partial charge is 0.330 e. The van der Waals surface area contributed by atoms with Crippen molar-refractivity contribution in [2.75, 3.05) is 6.54 Å². The van der Waals surface area contributed by atoms with Crippen molar-refractivity contribution in [3.63, 3.8) is 0 Å². The molecule has 0 aliphatic rings. The molecule has 0 aliphatic heterocycles. The van der Waals surface area contributed by atoms with Gasteiger partial charge in [-0.25, -0.2) is 0 Å². The fraction of sp³-hybridized carbons (Fsp3) is 0.636. The number of rotatable bonds is 3. The molecule has 0 rings (SSSR count). The maximum atomic E-state index is 5.21. The maximum absolute atomic E-state index is 5.21. The minimum Gasteiger partial charge on any atom is -0.330 e. The zero-order valence-electron chi connectivity index (χ0n) is 8.61. The van der Waals surface area contributed by atoms with Gasteiger partial charge in [0.1, 0.15) is 0 Å². The molecule has 1 nitrogen and oxygen atoms in total. The smallest absolute Gasteiger partial charge is 0.00773 e. The van der Waals surface area contributed by atoms with E-state index in [1.165, 1.54) is 19.3 Å². The Morgan fingerprint density at radius 3 is 2.00 bits per heavy atom. The Balaban J connectivity index is 0. The molecule has 0 saturated carbocycles. The van der Waals surface area contributed by atoms with Gasteiger partial charge in [0, 0.05) is 0 Å². The van der Waals surface area contributed by atoms with E-state index < -0.39 is 0 Å². The summed E-state index contributed by atoms with van der Waals surface area (Å²) in [4.78, 5) is 0. The van der Waals surface area contributed by atoms with Gasteiger partial charge in [-0.3, -0.25) is 0 Å². The first-order valence-electron chi connectivity index (χ1n) is 4.47. The highest BCUT2D eigenvalue weighted by molar-refractivity contribution is 4.90. The Morgan fingerprint density at radius 2 is 1.92 bits per heavy atom. The molecule has 0 unspecified atom stereocenters. The molecular formula is C11H21N. The topological polar surface area (TPSA) is 26.0 Å². The van der Waals surface area contributed by atoms with Crippen LogP contribution in [0.5, 0.6) is 0 Å². The molecule has 2 N–H and O–H groups in total. The van der Waals surface area contributed by atoms with Gasteiger partial charge >= 0.3 is 0 Å². The Labute approximate surface area is 76.7 Å². The molecule has 0 fully saturated rings. The Morgan fingerprint density at radius 1 is 1.33 bits per heavy atom. The number of nitrogens with two attached hydrogens (primary N) is 1. The van der Waals surface area contributed by atoms with Gasteiger partial charge in [-0.1, -0.05) is 31.2 Å². The maximum Gasteiger partial charge on any atom is -0.00773 e. The van der Waals surface area contributed by atoms with Crippen LogP contribution in [0.15, 0.2) is 23.6 Å². The van der Waals surface area contributed by atoms with Gasteiger partial charge in [0.25, 0.3) is 0 Å². The molecule has 70 valence electrons. The third-order valence-electron chi connectivity index (χ3n) is 1.15. The van der Waals surface area contributed by atoms with E-state index in [0.29, 0.717) is 0 Å². The predicted molar refractivity (Wildman–Crippen MR) is 56.1 cm³/mol. The van der Waals surface area contributed by atoms with Crippen LogP contribution in [-0.2, 0) is 0 Å². The number of hydrogen-bond acceptors (Lipinski definition) is 1. The molecule has 0 aromatic heterocycles. The summed E-state index contributed by atoms with van der Waals surface area (Å²) in [6.07, 6.45) is 3.75. The van der Waals surface area contributed by atoms with E-state index in [-0.39, 0.29) is 0 Å².